The van der Waals surface area contributed by atoms with Crippen LogP contribution in [0.1, 0.15) is 13.7 Å². The largest absolute Gasteiger partial charge is 0.456 e. The van der Waals surface area contributed by atoms with E-state index in [1.165, 1.54) is 4.57 Å². The zero-order valence-electron chi connectivity index (χ0n) is 36.1. The molecular formula is C45H28N4O. The van der Waals surface area contributed by atoms with Gasteiger partial charge in [0, 0.05) is 50.0 Å². The van der Waals surface area contributed by atoms with Crippen molar-refractivity contribution in [2.24, 2.45) is 0 Å². The minimum absolute atomic E-state index is 0.00318. The lowest BCUT2D eigenvalue weighted by molar-refractivity contribution is 0.669. The maximum Gasteiger partial charge on any atom is 0.164 e. The number of aromatic nitrogens is 4. The average Bonchev–Trinajstić information content (AvgIpc) is 3.88. The molecule has 0 aliphatic heterocycles. The van der Waals surface area contributed by atoms with E-state index in [9.17, 15) is 2.74 Å². The predicted molar refractivity (Wildman–Crippen MR) is 203 cm³/mol. The van der Waals surface area contributed by atoms with Crippen LogP contribution in [-0.2, 0) is 0 Å². The monoisotopic (exact) mass is 650 g/mol. The molecule has 7 aromatic carbocycles. The van der Waals surface area contributed by atoms with E-state index in [4.69, 9.17) is 30.3 Å². The van der Waals surface area contributed by atoms with Gasteiger partial charge in [0.2, 0.25) is 0 Å². The summed E-state index contributed by atoms with van der Waals surface area (Å²) >= 11 is 0. The van der Waals surface area contributed by atoms with Gasteiger partial charge in [-0.05, 0) is 41.4 Å². The van der Waals surface area contributed by atoms with E-state index < -0.39 is 42.3 Å². The lowest BCUT2D eigenvalue weighted by Gasteiger charge is -2.11. The Balaban J connectivity index is 1.16. The van der Waals surface area contributed by atoms with E-state index in [0.717, 1.165) is 27.8 Å². The normalized spacial score (nSPS) is 14.4. The van der Waals surface area contributed by atoms with Crippen LogP contribution >= 0.6 is 0 Å². The number of nitrogens with zero attached hydrogens (tertiary/aromatic N) is 4. The van der Waals surface area contributed by atoms with Gasteiger partial charge in [-0.1, -0.05) is 133 Å². The van der Waals surface area contributed by atoms with Gasteiger partial charge in [-0.2, -0.15) is 0 Å². The summed E-state index contributed by atoms with van der Waals surface area (Å²) in [6, 6.07) is 30.0. The van der Waals surface area contributed by atoms with Crippen LogP contribution in [0.3, 0.4) is 0 Å². The first-order chi connectivity index (χ1) is 28.9. The van der Waals surface area contributed by atoms with Crippen LogP contribution in [-0.4, -0.2) is 19.5 Å². The third kappa shape index (κ3) is 4.67. The van der Waals surface area contributed by atoms with E-state index >= 15 is 0 Å². The van der Waals surface area contributed by atoms with E-state index in [-0.39, 0.29) is 61.9 Å². The molecule has 3 aromatic heterocycles. The van der Waals surface area contributed by atoms with Crippen LogP contribution in [0.2, 0.25) is 0 Å². The molecule has 10 rings (SSSR count). The van der Waals surface area contributed by atoms with Gasteiger partial charge >= 0.3 is 0 Å². The molecule has 0 unspecified atom stereocenters. The molecule has 3 heterocycles. The highest BCUT2D eigenvalue weighted by atomic mass is 16.3. The van der Waals surface area contributed by atoms with Crippen LogP contribution in [0, 0.1) is 0 Å². The molecule has 0 amide bonds. The number of hydrogen-bond donors (Lipinski definition) is 0. The van der Waals surface area contributed by atoms with Crippen molar-refractivity contribution < 1.29 is 18.1 Å². The van der Waals surface area contributed by atoms with Crippen LogP contribution in [0.25, 0.3) is 94.7 Å². The molecule has 0 atom stereocenters. The van der Waals surface area contributed by atoms with Gasteiger partial charge in [0.05, 0.1) is 24.7 Å². The molecule has 234 valence electrons. The van der Waals surface area contributed by atoms with Gasteiger partial charge in [0.1, 0.15) is 11.2 Å². The van der Waals surface area contributed by atoms with Crippen LogP contribution in [0.4, 0.5) is 0 Å². The summed E-state index contributed by atoms with van der Waals surface area (Å²) in [5.41, 5.74) is 4.17. The maximum atomic E-state index is 9.50. The quantitative estimate of drug-likeness (QED) is 0.186. The molecule has 0 spiro atoms. The van der Waals surface area contributed by atoms with E-state index in [0.29, 0.717) is 23.2 Å². The summed E-state index contributed by atoms with van der Waals surface area (Å²) in [5, 5.41) is -0.0852. The van der Waals surface area contributed by atoms with Crippen molar-refractivity contribution in [2.75, 3.05) is 0 Å². The smallest absolute Gasteiger partial charge is 0.164 e. The van der Waals surface area contributed by atoms with E-state index in [2.05, 4.69) is 0 Å². The third-order valence-corrected chi connectivity index (χ3v) is 8.70. The fourth-order valence-electron chi connectivity index (χ4n) is 6.33. The molecule has 0 fully saturated rings. The molecule has 0 radical (unpaired) electrons. The molecule has 0 saturated carbocycles. The molecule has 0 aliphatic carbocycles. The van der Waals surface area contributed by atoms with Crippen molar-refractivity contribution in [3.05, 3.63) is 170 Å². The van der Waals surface area contributed by atoms with Gasteiger partial charge < -0.3 is 8.98 Å². The molecule has 50 heavy (non-hydrogen) atoms. The van der Waals surface area contributed by atoms with Crippen LogP contribution in [0.15, 0.2) is 174 Å². The number of rotatable bonds is 5. The van der Waals surface area contributed by atoms with Gasteiger partial charge in [0.15, 0.2) is 17.5 Å². The highest BCUT2D eigenvalue weighted by molar-refractivity contribution is 6.17. The number of furan rings is 1. The molecule has 0 N–H and O–H groups in total. The van der Waals surface area contributed by atoms with Crippen molar-refractivity contribution in [3.8, 4) is 51.0 Å². The summed E-state index contributed by atoms with van der Waals surface area (Å²) in [6.45, 7) is 0. The zero-order valence-corrected chi connectivity index (χ0v) is 26.1. The standard InChI is InChI=1S/C45H28N4O/c1-3-12-30(13-4-1)43-46-44(31-14-5-2-6-15-31)48-45(47-43)32-24-22-29(23-25-32)33-16-11-17-34(26-33)49-39-20-9-7-18-35(39)37-27-38-36-19-8-10-21-41(36)50-42(38)28-40(37)49/h1-28H/i7D,8D,9D,10D,18D,19D,20D,21D,27D,28D. The topological polar surface area (TPSA) is 56.7 Å². The maximum absolute atomic E-state index is 9.50. The van der Waals surface area contributed by atoms with Crippen molar-refractivity contribution >= 4 is 43.7 Å². The molecule has 5 heteroatoms. The molecule has 10 aromatic rings. The van der Waals surface area contributed by atoms with Crippen molar-refractivity contribution in [3.63, 3.8) is 0 Å². The minimum atomic E-state index is -0.530. The summed E-state index contributed by atoms with van der Waals surface area (Å²) in [5.74, 6) is 1.56. The Morgan fingerprint density at radius 3 is 1.72 bits per heavy atom. The van der Waals surface area contributed by atoms with Crippen molar-refractivity contribution in [1.29, 1.82) is 0 Å². The predicted octanol–water partition coefficient (Wildman–Crippen LogP) is 11.5. The SMILES string of the molecule is [2H]c1c([2H])c([2H])c2c(oc3c([2H])c4c(c([2H])c32)c2c([2H])c([2H])c([2H])c([2H])c2n4-c2cccc(-c3ccc(-c4nc(-c5ccccc5)nc(-c5ccccc5)n4)cc3)c2)c1[2H]. The molecule has 5 nitrogen and oxygen atoms in total. The second-order valence-corrected chi connectivity index (χ2v) is 11.7. The summed E-state index contributed by atoms with van der Waals surface area (Å²) in [6.07, 6.45) is 0. The first kappa shape index (κ1) is 19.8. The Morgan fingerprint density at radius 1 is 0.440 bits per heavy atom. The Labute approximate surface area is 301 Å². The van der Waals surface area contributed by atoms with Gasteiger partial charge in [-0.25, -0.2) is 15.0 Å². The Kier molecular flexibility index (Phi) is 4.52. The van der Waals surface area contributed by atoms with Crippen molar-refractivity contribution in [1.82, 2.24) is 19.5 Å². The van der Waals surface area contributed by atoms with Gasteiger partial charge in [-0.3, -0.25) is 0 Å². The highest BCUT2D eigenvalue weighted by Crippen LogP contribution is 2.39. The van der Waals surface area contributed by atoms with Gasteiger partial charge in [0.25, 0.3) is 0 Å². The molecule has 0 aliphatic rings. The number of para-hydroxylation sites is 2. The number of fused-ring (bicyclic) bond motifs is 6. The fourth-order valence-corrected chi connectivity index (χ4v) is 6.33. The summed E-state index contributed by atoms with van der Waals surface area (Å²) in [4.78, 5) is 14.5. The zero-order chi connectivity index (χ0) is 41.7. The second-order valence-electron chi connectivity index (χ2n) is 11.7. The number of benzene rings is 7. The first-order valence-electron chi connectivity index (χ1n) is 20.9. The Hall–Kier alpha value is -6.85. The summed E-state index contributed by atoms with van der Waals surface area (Å²) < 4.78 is 95.4. The molecule has 0 saturated heterocycles. The highest BCUT2D eigenvalue weighted by Gasteiger charge is 2.17. The first-order valence-corrected chi connectivity index (χ1v) is 15.9. The van der Waals surface area contributed by atoms with Gasteiger partial charge in [-0.15, -0.1) is 0 Å². The van der Waals surface area contributed by atoms with E-state index in [1.54, 1.807) is 12.1 Å². The third-order valence-electron chi connectivity index (χ3n) is 8.70. The Morgan fingerprint density at radius 2 is 1.02 bits per heavy atom. The molecule has 0 bridgehead atoms. The number of hydrogen-bond acceptors (Lipinski definition) is 4. The second kappa shape index (κ2) is 11.4. The van der Waals surface area contributed by atoms with Crippen LogP contribution in [0.5, 0.6) is 0 Å². The average molecular weight is 651 g/mol. The minimum Gasteiger partial charge on any atom is -0.456 e. The van der Waals surface area contributed by atoms with E-state index in [1.807, 2.05) is 97.1 Å². The molecular weight excluding hydrogens is 613 g/mol. The lowest BCUT2D eigenvalue weighted by Crippen LogP contribution is -2.00. The van der Waals surface area contributed by atoms with Crippen molar-refractivity contribution in [2.45, 2.75) is 0 Å². The fraction of sp³-hybridized carbons (Fsp3) is 0. The van der Waals surface area contributed by atoms with Crippen LogP contribution < -0.4 is 0 Å². The Bertz CT molecular complexity index is 3370. The summed E-state index contributed by atoms with van der Waals surface area (Å²) in [7, 11) is 0. The lowest BCUT2D eigenvalue weighted by atomic mass is 10.0.